The number of hydrogen-bond acceptors (Lipinski definition) is 7. The van der Waals surface area contributed by atoms with E-state index in [2.05, 4.69) is 10.4 Å². The van der Waals surface area contributed by atoms with Crippen molar-refractivity contribution in [3.63, 3.8) is 0 Å². The molecular weight excluding hydrogens is 368 g/mol. The maximum atomic E-state index is 11.8. The highest BCUT2D eigenvalue weighted by atomic mass is 35.5. The first-order valence-electron chi connectivity index (χ1n) is 6.99. The van der Waals surface area contributed by atoms with E-state index in [1.54, 1.807) is 0 Å². The molecule has 0 aliphatic rings. The summed E-state index contributed by atoms with van der Waals surface area (Å²) >= 11 is 5.59. The van der Waals surface area contributed by atoms with Gasteiger partial charge in [-0.05, 0) is 24.3 Å². The molecule has 0 saturated carbocycles. The third-order valence-corrected chi connectivity index (χ3v) is 3.18. The third-order valence-electron chi connectivity index (χ3n) is 2.95. The van der Waals surface area contributed by atoms with Crippen LogP contribution in [0.1, 0.15) is 20.7 Å². The van der Waals surface area contributed by atoms with Gasteiger partial charge in [0.2, 0.25) is 0 Å². The summed E-state index contributed by atoms with van der Waals surface area (Å²) in [5, 5.41) is 10.7. The Morgan fingerprint density at radius 1 is 1.08 bits per heavy atom. The van der Waals surface area contributed by atoms with E-state index < -0.39 is 29.3 Å². The van der Waals surface area contributed by atoms with Gasteiger partial charge in [-0.25, -0.2) is 9.78 Å². The number of ether oxygens (including phenoxy) is 1. The minimum absolute atomic E-state index is 0.0973. The molecule has 0 fully saturated rings. The van der Waals surface area contributed by atoms with E-state index in [-0.39, 0.29) is 22.0 Å². The van der Waals surface area contributed by atoms with Crippen molar-refractivity contribution >= 4 is 35.1 Å². The minimum Gasteiger partial charge on any atom is -0.452 e. The maximum absolute atomic E-state index is 11.8. The molecule has 0 aliphatic heterocycles. The lowest BCUT2D eigenvalue weighted by Gasteiger charge is -2.08. The Labute approximate surface area is 151 Å². The van der Waals surface area contributed by atoms with Crippen LogP contribution in [0.5, 0.6) is 0 Å². The van der Waals surface area contributed by atoms with E-state index in [9.17, 15) is 24.5 Å². The number of benzene rings is 1. The van der Waals surface area contributed by atoms with Crippen LogP contribution in [-0.2, 0) is 9.53 Å². The number of nitro benzene ring substituents is 1. The molecule has 134 valence electrons. The van der Waals surface area contributed by atoms with Crippen molar-refractivity contribution in [3.05, 3.63) is 69.0 Å². The van der Waals surface area contributed by atoms with Crippen molar-refractivity contribution in [2.75, 3.05) is 6.61 Å². The zero-order valence-electron chi connectivity index (χ0n) is 13.0. The van der Waals surface area contributed by atoms with Gasteiger partial charge in [-0.15, -0.1) is 0 Å². The molecule has 0 unspecified atom stereocenters. The monoisotopic (exact) mass is 378 g/mol. The summed E-state index contributed by atoms with van der Waals surface area (Å²) in [6, 6.07) is 7.53. The second kappa shape index (κ2) is 8.53. The zero-order chi connectivity index (χ0) is 19.1. The number of rotatable bonds is 5. The van der Waals surface area contributed by atoms with E-state index in [1.165, 1.54) is 30.5 Å². The molecule has 2 aromatic rings. The summed E-state index contributed by atoms with van der Waals surface area (Å²) in [4.78, 5) is 48.7. The predicted octanol–water partition coefficient (Wildman–Crippen LogP) is 1.26. The molecule has 0 spiro atoms. The van der Waals surface area contributed by atoms with Gasteiger partial charge in [0, 0.05) is 23.9 Å². The Morgan fingerprint density at radius 2 is 1.73 bits per heavy atom. The molecule has 11 heteroatoms. The van der Waals surface area contributed by atoms with Crippen LogP contribution in [-0.4, -0.2) is 34.3 Å². The zero-order valence-corrected chi connectivity index (χ0v) is 13.7. The molecule has 26 heavy (non-hydrogen) atoms. The van der Waals surface area contributed by atoms with Crippen LogP contribution in [0.4, 0.5) is 5.69 Å². The second-order valence-electron chi connectivity index (χ2n) is 4.75. The smallest absolute Gasteiger partial charge is 0.340 e. The van der Waals surface area contributed by atoms with Crippen LogP contribution in [0.15, 0.2) is 42.6 Å². The van der Waals surface area contributed by atoms with Crippen molar-refractivity contribution in [1.82, 2.24) is 15.8 Å². The molecule has 1 aromatic heterocycles. The Kier molecular flexibility index (Phi) is 6.17. The fourth-order valence-electron chi connectivity index (χ4n) is 1.68. The van der Waals surface area contributed by atoms with E-state index in [0.29, 0.717) is 0 Å². The number of amides is 2. The van der Waals surface area contributed by atoms with Gasteiger partial charge in [0.1, 0.15) is 5.15 Å². The number of aromatic nitrogens is 1. The highest BCUT2D eigenvalue weighted by Gasteiger charge is 2.13. The minimum atomic E-state index is -0.786. The quantitative estimate of drug-likeness (QED) is 0.345. The first-order chi connectivity index (χ1) is 12.4. The van der Waals surface area contributed by atoms with E-state index in [0.717, 1.165) is 12.1 Å². The summed E-state index contributed by atoms with van der Waals surface area (Å²) in [5.74, 6) is -2.26. The average Bonchev–Trinajstić information content (AvgIpc) is 2.64. The Hall–Kier alpha value is -3.53. The molecule has 2 N–H and O–H groups in total. The maximum Gasteiger partial charge on any atom is 0.340 e. The predicted molar refractivity (Wildman–Crippen MR) is 88.2 cm³/mol. The van der Waals surface area contributed by atoms with Gasteiger partial charge in [0.15, 0.2) is 6.61 Å². The van der Waals surface area contributed by atoms with Crippen LogP contribution in [0.3, 0.4) is 0 Å². The van der Waals surface area contributed by atoms with Crippen molar-refractivity contribution in [1.29, 1.82) is 0 Å². The van der Waals surface area contributed by atoms with Gasteiger partial charge in [-0.1, -0.05) is 11.6 Å². The van der Waals surface area contributed by atoms with Gasteiger partial charge in [0.05, 0.1) is 10.5 Å². The molecule has 0 saturated heterocycles. The number of carbonyl (C=O) groups is 3. The van der Waals surface area contributed by atoms with Gasteiger partial charge in [0.25, 0.3) is 17.5 Å². The number of hydrogen-bond donors (Lipinski definition) is 2. The van der Waals surface area contributed by atoms with Crippen molar-refractivity contribution < 1.29 is 24.0 Å². The van der Waals surface area contributed by atoms with Crippen molar-refractivity contribution in [2.24, 2.45) is 0 Å². The highest BCUT2D eigenvalue weighted by molar-refractivity contribution is 6.29. The van der Waals surface area contributed by atoms with E-state index in [4.69, 9.17) is 16.3 Å². The molecule has 1 aromatic carbocycles. The summed E-state index contributed by atoms with van der Waals surface area (Å²) in [6.07, 6.45) is 1.19. The normalized spacial score (nSPS) is 9.88. The molecule has 0 radical (unpaired) electrons. The van der Waals surface area contributed by atoms with Gasteiger partial charge in [-0.3, -0.25) is 30.6 Å². The van der Waals surface area contributed by atoms with E-state index >= 15 is 0 Å². The lowest BCUT2D eigenvalue weighted by atomic mass is 10.2. The Balaban J connectivity index is 1.79. The van der Waals surface area contributed by atoms with Gasteiger partial charge >= 0.3 is 5.97 Å². The standard InChI is InChI=1S/C15H11ClN4O6/c16-12-6-3-10(7-17-12)15(23)26-8-13(21)18-19-14(22)9-1-4-11(5-2-9)20(24)25/h1-7H,8H2,(H,18,21)(H,19,22). The Bertz CT molecular complexity index is 838. The number of nitrogens with one attached hydrogen (secondary N) is 2. The van der Waals surface area contributed by atoms with Crippen molar-refractivity contribution in [3.8, 4) is 0 Å². The molecule has 1 heterocycles. The number of non-ortho nitro benzene ring substituents is 1. The Morgan fingerprint density at radius 3 is 2.31 bits per heavy atom. The largest absolute Gasteiger partial charge is 0.452 e. The molecule has 2 rings (SSSR count). The summed E-state index contributed by atoms with van der Waals surface area (Å²) in [5.41, 5.74) is 4.17. The fourth-order valence-corrected chi connectivity index (χ4v) is 1.79. The summed E-state index contributed by atoms with van der Waals surface area (Å²) in [7, 11) is 0. The van der Waals surface area contributed by atoms with Crippen molar-refractivity contribution in [2.45, 2.75) is 0 Å². The SMILES string of the molecule is O=C(COC(=O)c1ccc(Cl)nc1)NNC(=O)c1ccc([N+](=O)[O-])cc1. The van der Waals surface area contributed by atoms with E-state index in [1.807, 2.05) is 5.43 Å². The van der Waals surface area contributed by atoms with Crippen LogP contribution in [0.2, 0.25) is 5.15 Å². The van der Waals surface area contributed by atoms with Crippen LogP contribution in [0, 0.1) is 10.1 Å². The number of nitrogens with zero attached hydrogens (tertiary/aromatic N) is 2. The summed E-state index contributed by atoms with van der Waals surface area (Å²) < 4.78 is 4.75. The number of nitro groups is 1. The fraction of sp³-hybridized carbons (Fsp3) is 0.0667. The molecular formula is C15H11ClN4O6. The number of halogens is 1. The number of hydrazine groups is 1. The average molecular weight is 379 g/mol. The lowest BCUT2D eigenvalue weighted by Crippen LogP contribution is -2.43. The molecule has 0 atom stereocenters. The van der Waals surface area contributed by atoms with Crippen LogP contribution >= 0.6 is 11.6 Å². The van der Waals surface area contributed by atoms with Crippen LogP contribution < -0.4 is 10.9 Å². The van der Waals surface area contributed by atoms with Gasteiger partial charge in [-0.2, -0.15) is 0 Å². The number of pyridine rings is 1. The molecule has 2 amide bonds. The summed E-state index contributed by atoms with van der Waals surface area (Å²) in [6.45, 7) is -0.637. The molecule has 0 aliphatic carbocycles. The number of carbonyl (C=O) groups excluding carboxylic acids is 3. The first-order valence-corrected chi connectivity index (χ1v) is 7.37. The first kappa shape index (κ1) is 18.8. The third kappa shape index (κ3) is 5.24. The topological polar surface area (TPSA) is 141 Å². The second-order valence-corrected chi connectivity index (χ2v) is 5.14. The lowest BCUT2D eigenvalue weighted by molar-refractivity contribution is -0.384. The van der Waals surface area contributed by atoms with Gasteiger partial charge < -0.3 is 4.74 Å². The number of esters is 1. The molecule has 0 bridgehead atoms. The molecule has 10 nitrogen and oxygen atoms in total. The highest BCUT2D eigenvalue weighted by Crippen LogP contribution is 2.11. The van der Waals surface area contributed by atoms with Crippen LogP contribution in [0.25, 0.3) is 0 Å².